The second-order valence-electron chi connectivity index (χ2n) is 5.14. The number of aromatic nitrogens is 2. The van der Waals surface area contributed by atoms with Crippen molar-refractivity contribution < 1.29 is 4.79 Å². The largest absolute Gasteiger partial charge is 0.321 e. The Balaban J connectivity index is 1.80. The molecule has 0 saturated heterocycles. The predicted molar refractivity (Wildman–Crippen MR) is 100 cm³/mol. The maximum absolute atomic E-state index is 12.3. The van der Waals surface area contributed by atoms with Gasteiger partial charge >= 0.3 is 0 Å². The fraction of sp³-hybridized carbons (Fsp3) is 0. The van der Waals surface area contributed by atoms with Crippen LogP contribution in [0.3, 0.4) is 0 Å². The van der Waals surface area contributed by atoms with Crippen molar-refractivity contribution in [3.05, 3.63) is 82.6 Å². The number of halogens is 1. The first-order valence-electron chi connectivity index (χ1n) is 7.45. The summed E-state index contributed by atoms with van der Waals surface area (Å²) in [7, 11) is 0. The second kappa shape index (κ2) is 7.60. The molecule has 0 spiro atoms. The van der Waals surface area contributed by atoms with E-state index in [-0.39, 0.29) is 5.91 Å². The summed E-state index contributed by atoms with van der Waals surface area (Å²) in [5.74, 6) is -0.286. The molecule has 0 aliphatic rings. The fourth-order valence-corrected chi connectivity index (χ4v) is 2.58. The van der Waals surface area contributed by atoms with Crippen molar-refractivity contribution in [3.8, 4) is 11.8 Å². The van der Waals surface area contributed by atoms with Crippen LogP contribution in [-0.2, 0) is 4.79 Å². The van der Waals surface area contributed by atoms with Crippen molar-refractivity contribution >= 4 is 33.6 Å². The third-order valence-corrected chi connectivity index (χ3v) is 3.86. The molecule has 0 fully saturated rings. The molecule has 122 valence electrons. The van der Waals surface area contributed by atoms with E-state index in [1.165, 1.54) is 6.08 Å². The van der Waals surface area contributed by atoms with Crippen molar-refractivity contribution in [2.75, 3.05) is 5.32 Å². The lowest BCUT2D eigenvalue weighted by Gasteiger charge is -2.09. The minimum Gasteiger partial charge on any atom is -0.321 e. The van der Waals surface area contributed by atoms with Crippen molar-refractivity contribution in [2.45, 2.75) is 0 Å². The molecule has 0 unspecified atom stereocenters. The highest BCUT2D eigenvalue weighted by Crippen LogP contribution is 2.21. The summed E-state index contributed by atoms with van der Waals surface area (Å²) in [6, 6.07) is 16.6. The lowest BCUT2D eigenvalue weighted by molar-refractivity contribution is -0.111. The molecule has 0 radical (unpaired) electrons. The molecule has 0 aliphatic heterocycles. The van der Waals surface area contributed by atoms with Crippen LogP contribution in [-0.4, -0.2) is 15.7 Å². The topological polar surface area (TPSA) is 70.7 Å². The Morgan fingerprint density at radius 3 is 2.72 bits per heavy atom. The highest BCUT2D eigenvalue weighted by atomic mass is 79.9. The van der Waals surface area contributed by atoms with Crippen LogP contribution in [0.5, 0.6) is 0 Å². The molecule has 2 aromatic carbocycles. The number of hydrogen-bond donors (Lipinski definition) is 1. The van der Waals surface area contributed by atoms with Gasteiger partial charge in [-0.2, -0.15) is 10.4 Å². The first-order valence-corrected chi connectivity index (χ1v) is 8.24. The van der Waals surface area contributed by atoms with Gasteiger partial charge < -0.3 is 5.32 Å². The maximum Gasteiger partial charge on any atom is 0.248 e. The van der Waals surface area contributed by atoms with E-state index in [2.05, 4.69) is 32.4 Å². The van der Waals surface area contributed by atoms with Gasteiger partial charge in [-0.1, -0.05) is 30.3 Å². The minimum absolute atomic E-state index is 0.286. The summed E-state index contributed by atoms with van der Waals surface area (Å²) in [6.45, 7) is 0. The van der Waals surface area contributed by atoms with Crippen molar-refractivity contribution in [1.82, 2.24) is 9.78 Å². The molecule has 1 aromatic heterocycles. The number of nitrogens with zero attached hydrogens (tertiary/aromatic N) is 3. The monoisotopic (exact) mass is 392 g/mol. The van der Waals surface area contributed by atoms with Crippen molar-refractivity contribution in [2.24, 2.45) is 0 Å². The molecule has 0 atom stereocenters. The van der Waals surface area contributed by atoms with Crippen LogP contribution in [0, 0.1) is 11.3 Å². The van der Waals surface area contributed by atoms with Gasteiger partial charge in [0.25, 0.3) is 0 Å². The molecule has 0 aliphatic carbocycles. The fourth-order valence-electron chi connectivity index (χ4n) is 2.30. The van der Waals surface area contributed by atoms with Gasteiger partial charge in [0.2, 0.25) is 5.91 Å². The molecule has 1 heterocycles. The van der Waals surface area contributed by atoms with Gasteiger partial charge in [0, 0.05) is 12.3 Å². The number of nitrogens with one attached hydrogen (secondary N) is 1. The quantitative estimate of drug-likeness (QED) is 0.677. The maximum atomic E-state index is 12.3. The lowest BCUT2D eigenvalue weighted by atomic mass is 10.1. The van der Waals surface area contributed by atoms with Crippen LogP contribution in [0.2, 0.25) is 0 Å². The van der Waals surface area contributed by atoms with Gasteiger partial charge in [-0.15, -0.1) is 0 Å². The third-order valence-electron chi connectivity index (χ3n) is 3.46. The van der Waals surface area contributed by atoms with Gasteiger partial charge in [-0.25, -0.2) is 4.68 Å². The van der Waals surface area contributed by atoms with Crippen LogP contribution in [0.25, 0.3) is 11.8 Å². The van der Waals surface area contributed by atoms with Crippen LogP contribution in [0.4, 0.5) is 5.69 Å². The highest BCUT2D eigenvalue weighted by molar-refractivity contribution is 9.10. The molecular weight excluding hydrogens is 380 g/mol. The van der Waals surface area contributed by atoms with E-state index in [4.69, 9.17) is 5.26 Å². The standard InChI is InChI=1S/C19H13BrN4O/c20-16-12-22-24(13-16)18-8-4-3-7-17(18)23-19(25)10-9-14-5-1-2-6-15(14)11-21/h1-10,12-13H,(H,23,25)/b10-9+. The Labute approximate surface area is 153 Å². The smallest absolute Gasteiger partial charge is 0.248 e. The zero-order chi connectivity index (χ0) is 17.6. The van der Waals surface area contributed by atoms with E-state index < -0.39 is 0 Å². The van der Waals surface area contributed by atoms with Crippen LogP contribution >= 0.6 is 15.9 Å². The van der Waals surface area contributed by atoms with Crippen LogP contribution in [0.15, 0.2) is 71.5 Å². The van der Waals surface area contributed by atoms with Crippen molar-refractivity contribution in [1.29, 1.82) is 5.26 Å². The number of nitriles is 1. The van der Waals surface area contributed by atoms with Crippen LogP contribution in [0.1, 0.15) is 11.1 Å². The number of anilines is 1. The van der Waals surface area contributed by atoms with Crippen LogP contribution < -0.4 is 5.32 Å². The molecule has 3 aromatic rings. The summed E-state index contributed by atoms with van der Waals surface area (Å²) in [5.41, 5.74) is 2.62. The molecule has 25 heavy (non-hydrogen) atoms. The van der Waals surface area contributed by atoms with Gasteiger partial charge in [0.15, 0.2) is 0 Å². The first-order chi connectivity index (χ1) is 12.2. The summed E-state index contributed by atoms with van der Waals surface area (Å²) in [4.78, 5) is 12.3. The van der Waals surface area contributed by atoms with E-state index in [0.29, 0.717) is 16.8 Å². The normalized spacial score (nSPS) is 10.6. The number of carbonyl (C=O) groups is 1. The molecular formula is C19H13BrN4O. The molecule has 0 bridgehead atoms. The number of benzene rings is 2. The molecule has 0 saturated carbocycles. The summed E-state index contributed by atoms with van der Waals surface area (Å²) >= 11 is 3.36. The Hall–Kier alpha value is -3.17. The molecule has 6 heteroatoms. The van der Waals surface area contributed by atoms with Gasteiger partial charge in [-0.05, 0) is 45.8 Å². The minimum atomic E-state index is -0.286. The Kier molecular flexibility index (Phi) is 5.07. The second-order valence-corrected chi connectivity index (χ2v) is 6.06. The Morgan fingerprint density at radius 2 is 1.96 bits per heavy atom. The highest BCUT2D eigenvalue weighted by Gasteiger charge is 2.07. The van der Waals surface area contributed by atoms with Crippen molar-refractivity contribution in [3.63, 3.8) is 0 Å². The molecule has 3 rings (SSSR count). The van der Waals surface area contributed by atoms with E-state index in [9.17, 15) is 4.79 Å². The third kappa shape index (κ3) is 4.03. The Bertz CT molecular complexity index is 985. The van der Waals surface area contributed by atoms with E-state index in [1.54, 1.807) is 41.2 Å². The summed E-state index contributed by atoms with van der Waals surface area (Å²) < 4.78 is 2.52. The van der Waals surface area contributed by atoms with Gasteiger partial charge in [0.05, 0.1) is 33.7 Å². The van der Waals surface area contributed by atoms with E-state index in [1.807, 2.05) is 30.5 Å². The molecule has 1 N–H and O–H groups in total. The Morgan fingerprint density at radius 1 is 1.20 bits per heavy atom. The molecule has 1 amide bonds. The van der Waals surface area contributed by atoms with Gasteiger partial charge in [0.1, 0.15) is 0 Å². The average molecular weight is 393 g/mol. The number of hydrogen-bond acceptors (Lipinski definition) is 3. The molecule has 5 nitrogen and oxygen atoms in total. The summed E-state index contributed by atoms with van der Waals surface area (Å²) in [6.07, 6.45) is 6.52. The van der Waals surface area contributed by atoms with Gasteiger partial charge in [-0.3, -0.25) is 4.79 Å². The number of amides is 1. The zero-order valence-electron chi connectivity index (χ0n) is 13.1. The average Bonchev–Trinajstić information content (AvgIpc) is 3.07. The van der Waals surface area contributed by atoms with E-state index >= 15 is 0 Å². The first kappa shape index (κ1) is 16.7. The van der Waals surface area contributed by atoms with E-state index in [0.717, 1.165) is 10.2 Å². The SMILES string of the molecule is N#Cc1ccccc1/C=C/C(=O)Nc1ccccc1-n1cc(Br)cn1. The lowest BCUT2D eigenvalue weighted by Crippen LogP contribution is -2.10. The number of para-hydroxylation sites is 2. The number of rotatable bonds is 4. The predicted octanol–water partition coefficient (Wildman–Crippen LogP) is 4.16. The zero-order valence-corrected chi connectivity index (χ0v) is 14.6. The summed E-state index contributed by atoms with van der Waals surface area (Å²) in [5, 5.41) is 16.2. The number of carbonyl (C=O) groups excluding carboxylic acids is 1.